The molecule has 0 saturated heterocycles. The summed E-state index contributed by atoms with van der Waals surface area (Å²) in [5, 5.41) is 8.30. The highest BCUT2D eigenvalue weighted by Crippen LogP contribution is 1.87. The maximum Gasteiger partial charge on any atom is 0.0865 e. The van der Waals surface area contributed by atoms with Gasteiger partial charge in [-0.15, -0.1) is 0 Å². The predicted octanol–water partition coefficient (Wildman–Crippen LogP) is 2.27. The summed E-state index contributed by atoms with van der Waals surface area (Å²) in [5.41, 5.74) is 0. The SMILES string of the molecule is CC.CCCN(CC)CC#N. The zero-order valence-corrected chi connectivity index (χ0v) is 8.22. The van der Waals surface area contributed by atoms with Crippen LogP contribution >= 0.6 is 0 Å². The summed E-state index contributed by atoms with van der Waals surface area (Å²) in [6, 6.07) is 2.13. The molecule has 0 aliphatic rings. The molecule has 66 valence electrons. The Labute approximate surface area is 70.8 Å². The molecule has 0 heterocycles. The fourth-order valence-corrected chi connectivity index (χ4v) is 0.765. The van der Waals surface area contributed by atoms with Crippen molar-refractivity contribution < 1.29 is 0 Å². The molecule has 2 heteroatoms. The summed E-state index contributed by atoms with van der Waals surface area (Å²) in [7, 11) is 0. The number of nitriles is 1. The van der Waals surface area contributed by atoms with Crippen LogP contribution in [0.3, 0.4) is 0 Å². The van der Waals surface area contributed by atoms with Gasteiger partial charge in [0.2, 0.25) is 0 Å². The van der Waals surface area contributed by atoms with Gasteiger partial charge in [-0.25, -0.2) is 0 Å². The molecule has 11 heavy (non-hydrogen) atoms. The summed E-state index contributed by atoms with van der Waals surface area (Å²) in [4.78, 5) is 2.12. The molecule has 0 aromatic rings. The Hall–Kier alpha value is -0.550. The Balaban J connectivity index is 0. The van der Waals surface area contributed by atoms with Crippen LogP contribution in [0.2, 0.25) is 0 Å². The lowest BCUT2D eigenvalue weighted by atomic mass is 10.4. The maximum absolute atomic E-state index is 8.30. The lowest BCUT2D eigenvalue weighted by Crippen LogP contribution is -2.24. The van der Waals surface area contributed by atoms with Crippen molar-refractivity contribution in [2.75, 3.05) is 19.6 Å². The molecule has 0 amide bonds. The highest BCUT2D eigenvalue weighted by Gasteiger charge is 1.96. The van der Waals surface area contributed by atoms with Crippen LogP contribution in [0.15, 0.2) is 0 Å². The summed E-state index contributed by atoms with van der Waals surface area (Å²) in [6.07, 6.45) is 1.13. The van der Waals surface area contributed by atoms with E-state index in [-0.39, 0.29) is 0 Å². The van der Waals surface area contributed by atoms with Gasteiger partial charge in [0, 0.05) is 0 Å². The van der Waals surface area contributed by atoms with Crippen molar-refractivity contribution >= 4 is 0 Å². The second-order valence-corrected chi connectivity index (χ2v) is 2.03. The Kier molecular flexibility index (Phi) is 14.4. The van der Waals surface area contributed by atoms with Gasteiger partial charge in [-0.3, -0.25) is 4.90 Å². The molecule has 0 aromatic heterocycles. The molecular formula is C9H20N2. The second kappa shape index (κ2) is 12.2. The van der Waals surface area contributed by atoms with Crippen LogP contribution in [-0.2, 0) is 0 Å². The Bertz CT molecular complexity index is 94.2. The van der Waals surface area contributed by atoms with Crippen molar-refractivity contribution in [1.29, 1.82) is 5.26 Å². The van der Waals surface area contributed by atoms with Crippen LogP contribution in [-0.4, -0.2) is 24.5 Å². The van der Waals surface area contributed by atoms with Crippen LogP contribution in [0.4, 0.5) is 0 Å². The van der Waals surface area contributed by atoms with E-state index in [0.717, 1.165) is 19.5 Å². The first-order valence-corrected chi connectivity index (χ1v) is 4.44. The molecule has 0 unspecified atom stereocenters. The third-order valence-corrected chi connectivity index (χ3v) is 1.28. The summed E-state index contributed by atoms with van der Waals surface area (Å²) >= 11 is 0. The zero-order valence-electron chi connectivity index (χ0n) is 8.22. The standard InChI is InChI=1S/C7H14N2.C2H6/c1-3-6-9(4-2)7-5-8;1-2/h3-4,6-7H2,1-2H3;1-2H3. The van der Waals surface area contributed by atoms with E-state index in [1.165, 1.54) is 0 Å². The van der Waals surface area contributed by atoms with Crippen LogP contribution in [0, 0.1) is 11.3 Å². The van der Waals surface area contributed by atoms with E-state index in [1.54, 1.807) is 0 Å². The summed E-state index contributed by atoms with van der Waals surface area (Å²) < 4.78 is 0. The molecule has 0 saturated carbocycles. The molecular weight excluding hydrogens is 136 g/mol. The zero-order chi connectivity index (χ0) is 9.11. The number of hydrogen-bond acceptors (Lipinski definition) is 2. The first kappa shape index (κ1) is 13.1. The van der Waals surface area contributed by atoms with Gasteiger partial charge in [-0.05, 0) is 19.5 Å². The molecule has 0 N–H and O–H groups in total. The van der Waals surface area contributed by atoms with Gasteiger partial charge >= 0.3 is 0 Å². The smallest absolute Gasteiger partial charge is 0.0865 e. The topological polar surface area (TPSA) is 27.0 Å². The average molecular weight is 156 g/mol. The third kappa shape index (κ3) is 9.45. The Morgan fingerprint density at radius 1 is 1.27 bits per heavy atom. The lowest BCUT2D eigenvalue weighted by molar-refractivity contribution is 0.323. The average Bonchev–Trinajstić information content (AvgIpc) is 2.08. The lowest BCUT2D eigenvalue weighted by Gasteiger charge is -2.13. The van der Waals surface area contributed by atoms with Gasteiger partial charge in [0.05, 0.1) is 12.6 Å². The molecule has 0 fully saturated rings. The number of nitrogens with zero attached hydrogens (tertiary/aromatic N) is 2. The highest BCUT2D eigenvalue weighted by molar-refractivity contribution is 4.74. The van der Waals surface area contributed by atoms with E-state index in [2.05, 4.69) is 24.8 Å². The summed E-state index contributed by atoms with van der Waals surface area (Å²) in [6.45, 7) is 10.8. The minimum atomic E-state index is 0.574. The molecule has 0 atom stereocenters. The minimum absolute atomic E-state index is 0.574. The molecule has 0 aromatic carbocycles. The van der Waals surface area contributed by atoms with Crippen molar-refractivity contribution in [3.05, 3.63) is 0 Å². The molecule has 0 aliphatic carbocycles. The normalized spacial score (nSPS) is 8.36. The van der Waals surface area contributed by atoms with Gasteiger partial charge in [0.15, 0.2) is 0 Å². The van der Waals surface area contributed by atoms with Crippen molar-refractivity contribution in [2.45, 2.75) is 34.1 Å². The molecule has 0 radical (unpaired) electrons. The van der Waals surface area contributed by atoms with E-state index in [0.29, 0.717) is 6.54 Å². The fourth-order valence-electron chi connectivity index (χ4n) is 0.765. The first-order valence-electron chi connectivity index (χ1n) is 4.44. The molecule has 0 spiro atoms. The largest absolute Gasteiger partial charge is 0.291 e. The molecule has 2 nitrogen and oxygen atoms in total. The van der Waals surface area contributed by atoms with E-state index in [4.69, 9.17) is 5.26 Å². The van der Waals surface area contributed by atoms with Crippen molar-refractivity contribution in [3.8, 4) is 6.07 Å². The van der Waals surface area contributed by atoms with Gasteiger partial charge in [0.1, 0.15) is 0 Å². The van der Waals surface area contributed by atoms with E-state index >= 15 is 0 Å². The maximum atomic E-state index is 8.30. The van der Waals surface area contributed by atoms with Gasteiger partial charge in [-0.1, -0.05) is 27.7 Å². The van der Waals surface area contributed by atoms with Crippen LogP contribution in [0.5, 0.6) is 0 Å². The van der Waals surface area contributed by atoms with Crippen LogP contribution in [0.25, 0.3) is 0 Å². The van der Waals surface area contributed by atoms with Gasteiger partial charge in [-0.2, -0.15) is 5.26 Å². The van der Waals surface area contributed by atoms with Crippen LogP contribution < -0.4 is 0 Å². The quantitative estimate of drug-likeness (QED) is 0.584. The second-order valence-electron chi connectivity index (χ2n) is 2.03. The molecule has 0 aliphatic heterocycles. The van der Waals surface area contributed by atoms with Crippen molar-refractivity contribution in [3.63, 3.8) is 0 Å². The molecule has 0 rings (SSSR count). The number of rotatable bonds is 4. The van der Waals surface area contributed by atoms with Crippen molar-refractivity contribution in [2.24, 2.45) is 0 Å². The van der Waals surface area contributed by atoms with E-state index < -0.39 is 0 Å². The number of hydrogen-bond donors (Lipinski definition) is 0. The first-order chi connectivity index (χ1) is 5.35. The monoisotopic (exact) mass is 156 g/mol. The van der Waals surface area contributed by atoms with Gasteiger partial charge in [0.25, 0.3) is 0 Å². The Morgan fingerprint density at radius 3 is 2.09 bits per heavy atom. The van der Waals surface area contributed by atoms with E-state index in [1.807, 2.05) is 13.8 Å². The minimum Gasteiger partial charge on any atom is -0.291 e. The van der Waals surface area contributed by atoms with Gasteiger partial charge < -0.3 is 0 Å². The summed E-state index contributed by atoms with van der Waals surface area (Å²) in [5.74, 6) is 0. The van der Waals surface area contributed by atoms with E-state index in [9.17, 15) is 0 Å². The highest BCUT2D eigenvalue weighted by atomic mass is 15.1. The molecule has 0 bridgehead atoms. The Morgan fingerprint density at radius 2 is 1.82 bits per heavy atom. The fraction of sp³-hybridized carbons (Fsp3) is 0.889. The predicted molar refractivity (Wildman–Crippen MR) is 49.4 cm³/mol. The van der Waals surface area contributed by atoms with Crippen LogP contribution in [0.1, 0.15) is 34.1 Å². The van der Waals surface area contributed by atoms with Crippen molar-refractivity contribution in [1.82, 2.24) is 4.90 Å². The third-order valence-electron chi connectivity index (χ3n) is 1.28.